The van der Waals surface area contributed by atoms with Gasteiger partial charge in [-0.15, -0.1) is 0 Å². The molecule has 0 radical (unpaired) electrons. The van der Waals surface area contributed by atoms with E-state index in [4.69, 9.17) is 4.74 Å². The van der Waals surface area contributed by atoms with Crippen LogP contribution in [-0.4, -0.2) is 42.1 Å². The van der Waals surface area contributed by atoms with Gasteiger partial charge in [0, 0.05) is 25.0 Å². The largest absolute Gasteiger partial charge is 0.444 e. The van der Waals surface area contributed by atoms with Gasteiger partial charge in [0.2, 0.25) is 5.91 Å². The second-order valence-corrected chi connectivity index (χ2v) is 7.89. The minimum atomic E-state index is -0.477. The maximum absolute atomic E-state index is 12.4. The van der Waals surface area contributed by atoms with Crippen molar-refractivity contribution in [3.8, 4) is 0 Å². The number of nitrogens with one attached hydrogen (secondary N) is 1. The van der Waals surface area contributed by atoms with E-state index >= 15 is 0 Å². The summed E-state index contributed by atoms with van der Waals surface area (Å²) < 4.78 is 5.37. The minimum Gasteiger partial charge on any atom is -0.444 e. The van der Waals surface area contributed by atoms with Gasteiger partial charge in [0.05, 0.1) is 0 Å². The fraction of sp³-hybridized carbons (Fsp3) is 0.875. The fourth-order valence-corrected chi connectivity index (χ4v) is 3.69. The molecule has 2 bridgehead atoms. The normalized spacial score (nSPS) is 31.7. The Morgan fingerprint density at radius 2 is 1.48 bits per heavy atom. The predicted octanol–water partition coefficient (Wildman–Crippen LogP) is 2.69. The molecule has 0 heterocycles. The van der Waals surface area contributed by atoms with Crippen LogP contribution in [0.1, 0.15) is 59.3 Å². The highest BCUT2D eigenvalue weighted by Gasteiger charge is 2.53. The van der Waals surface area contributed by atoms with Crippen LogP contribution in [0.2, 0.25) is 0 Å². The lowest BCUT2D eigenvalue weighted by molar-refractivity contribution is -0.146. The summed E-state index contributed by atoms with van der Waals surface area (Å²) in [6.45, 7) is 5.60. The zero-order chi connectivity index (χ0) is 15.9. The Balaban J connectivity index is 1.99. The number of ether oxygens (including phenoxy) is 1. The van der Waals surface area contributed by atoms with E-state index in [0.717, 1.165) is 38.5 Å². The molecule has 5 nitrogen and oxygen atoms in total. The van der Waals surface area contributed by atoms with E-state index in [1.54, 1.807) is 4.90 Å². The predicted molar refractivity (Wildman–Crippen MR) is 80.9 cm³/mol. The molecule has 3 fully saturated rings. The summed E-state index contributed by atoms with van der Waals surface area (Å²) in [4.78, 5) is 26.1. The Morgan fingerprint density at radius 1 is 1.00 bits per heavy atom. The van der Waals surface area contributed by atoms with Crippen LogP contribution >= 0.6 is 0 Å². The molecule has 0 spiro atoms. The first-order valence-electron chi connectivity index (χ1n) is 7.81. The van der Waals surface area contributed by atoms with Crippen molar-refractivity contribution in [3.63, 3.8) is 0 Å². The molecule has 0 unspecified atom stereocenters. The quantitative estimate of drug-likeness (QED) is 0.852. The van der Waals surface area contributed by atoms with Gasteiger partial charge >= 0.3 is 6.09 Å². The van der Waals surface area contributed by atoms with E-state index in [1.165, 1.54) is 0 Å². The summed E-state index contributed by atoms with van der Waals surface area (Å²) in [6.07, 6.45) is 4.85. The van der Waals surface area contributed by atoms with Gasteiger partial charge in [0.25, 0.3) is 0 Å². The first-order chi connectivity index (χ1) is 9.58. The Hall–Kier alpha value is -1.26. The van der Waals surface area contributed by atoms with Crippen LogP contribution in [0, 0.1) is 5.41 Å². The molecular weight excluding hydrogens is 268 g/mol. The number of alkyl carbamates (subject to hydrolysis) is 1. The van der Waals surface area contributed by atoms with Crippen molar-refractivity contribution in [3.05, 3.63) is 0 Å². The summed E-state index contributed by atoms with van der Waals surface area (Å²) >= 11 is 0. The summed E-state index contributed by atoms with van der Waals surface area (Å²) in [7, 11) is 3.65. The summed E-state index contributed by atoms with van der Waals surface area (Å²) in [6, 6.07) is 0. The fourth-order valence-electron chi connectivity index (χ4n) is 3.69. The molecule has 5 heteroatoms. The number of carbonyl (C=O) groups is 2. The molecule has 3 aliphatic rings. The van der Waals surface area contributed by atoms with Gasteiger partial charge in [-0.3, -0.25) is 4.79 Å². The van der Waals surface area contributed by atoms with Crippen molar-refractivity contribution in [2.24, 2.45) is 5.41 Å². The van der Waals surface area contributed by atoms with Crippen LogP contribution < -0.4 is 5.32 Å². The molecule has 21 heavy (non-hydrogen) atoms. The average molecular weight is 296 g/mol. The molecule has 0 aliphatic heterocycles. The van der Waals surface area contributed by atoms with E-state index in [1.807, 2.05) is 34.9 Å². The first kappa shape index (κ1) is 16.1. The summed E-state index contributed by atoms with van der Waals surface area (Å²) in [5, 5.41) is 3.08. The maximum atomic E-state index is 12.4. The number of rotatable bonds is 2. The van der Waals surface area contributed by atoms with Gasteiger partial charge in [-0.05, 0) is 59.3 Å². The van der Waals surface area contributed by atoms with E-state index in [0.29, 0.717) is 0 Å². The van der Waals surface area contributed by atoms with Crippen molar-refractivity contribution in [1.82, 2.24) is 10.2 Å². The van der Waals surface area contributed by atoms with Gasteiger partial charge in [-0.25, -0.2) is 4.79 Å². The van der Waals surface area contributed by atoms with Crippen LogP contribution in [0.15, 0.2) is 0 Å². The minimum absolute atomic E-state index is 0.170. The lowest BCUT2D eigenvalue weighted by Crippen LogP contribution is -2.60. The van der Waals surface area contributed by atoms with Crippen molar-refractivity contribution in [2.75, 3.05) is 14.1 Å². The Bertz CT molecular complexity index is 413. The van der Waals surface area contributed by atoms with E-state index < -0.39 is 5.60 Å². The first-order valence-corrected chi connectivity index (χ1v) is 7.81. The molecule has 0 aromatic carbocycles. The smallest absolute Gasteiger partial charge is 0.408 e. The lowest BCUT2D eigenvalue weighted by atomic mass is 9.57. The second-order valence-electron chi connectivity index (χ2n) is 7.89. The molecule has 2 amide bonds. The van der Waals surface area contributed by atoms with Crippen molar-refractivity contribution >= 4 is 12.0 Å². The number of hydrogen-bond acceptors (Lipinski definition) is 3. The van der Waals surface area contributed by atoms with Gasteiger partial charge in [-0.1, -0.05) is 0 Å². The number of carbonyl (C=O) groups excluding carboxylic acids is 2. The van der Waals surface area contributed by atoms with Crippen LogP contribution in [0.4, 0.5) is 4.79 Å². The van der Waals surface area contributed by atoms with Gasteiger partial charge < -0.3 is 15.0 Å². The standard InChI is InChI=1S/C16H28N2O3/c1-14(2,3)21-13(20)17-16-9-6-15(7-10-16,8-11-16)12(19)18(4)5/h6-11H2,1-5H3,(H,17,20). The Kier molecular flexibility index (Phi) is 3.98. The van der Waals surface area contributed by atoms with Crippen molar-refractivity contribution in [2.45, 2.75) is 70.4 Å². The van der Waals surface area contributed by atoms with Crippen LogP contribution in [-0.2, 0) is 9.53 Å². The monoisotopic (exact) mass is 296 g/mol. The van der Waals surface area contributed by atoms with Gasteiger partial charge in [-0.2, -0.15) is 0 Å². The van der Waals surface area contributed by atoms with Crippen LogP contribution in [0.25, 0.3) is 0 Å². The average Bonchev–Trinajstić information content (AvgIpc) is 2.37. The molecule has 0 aromatic rings. The summed E-state index contributed by atoms with van der Waals surface area (Å²) in [5.41, 5.74) is -0.841. The Labute approximate surface area is 127 Å². The molecule has 0 atom stereocenters. The highest BCUT2D eigenvalue weighted by atomic mass is 16.6. The van der Waals surface area contributed by atoms with Crippen molar-refractivity contribution in [1.29, 1.82) is 0 Å². The van der Waals surface area contributed by atoms with Gasteiger partial charge in [0.1, 0.15) is 5.60 Å². The molecule has 3 aliphatic carbocycles. The highest BCUT2D eigenvalue weighted by molar-refractivity contribution is 5.83. The Morgan fingerprint density at radius 3 is 1.86 bits per heavy atom. The number of fused-ring (bicyclic) bond motifs is 3. The maximum Gasteiger partial charge on any atom is 0.408 e. The third-order valence-electron chi connectivity index (χ3n) is 4.87. The topological polar surface area (TPSA) is 58.6 Å². The molecule has 120 valence electrons. The molecule has 3 rings (SSSR count). The molecule has 3 saturated carbocycles. The molecular formula is C16H28N2O3. The second kappa shape index (κ2) is 5.18. The molecule has 0 saturated heterocycles. The van der Waals surface area contributed by atoms with Crippen LogP contribution in [0.3, 0.4) is 0 Å². The van der Waals surface area contributed by atoms with E-state index in [9.17, 15) is 9.59 Å². The summed E-state index contributed by atoms with van der Waals surface area (Å²) in [5.74, 6) is 0.244. The third-order valence-corrected chi connectivity index (χ3v) is 4.87. The zero-order valence-corrected chi connectivity index (χ0v) is 13.9. The number of hydrogen-bond donors (Lipinski definition) is 1. The van der Waals surface area contributed by atoms with Gasteiger partial charge in [0.15, 0.2) is 0 Å². The molecule has 0 aromatic heterocycles. The zero-order valence-electron chi connectivity index (χ0n) is 13.9. The van der Waals surface area contributed by atoms with Crippen molar-refractivity contribution < 1.29 is 14.3 Å². The van der Waals surface area contributed by atoms with E-state index in [2.05, 4.69) is 5.32 Å². The lowest BCUT2D eigenvalue weighted by Gasteiger charge is -2.53. The van der Waals surface area contributed by atoms with Crippen LogP contribution in [0.5, 0.6) is 0 Å². The molecule has 1 N–H and O–H groups in total. The third kappa shape index (κ3) is 3.33. The SMILES string of the molecule is CN(C)C(=O)C12CCC(NC(=O)OC(C)(C)C)(CC1)CC2. The number of nitrogens with zero attached hydrogens (tertiary/aromatic N) is 1. The van der Waals surface area contributed by atoms with E-state index in [-0.39, 0.29) is 23.0 Å². The number of amides is 2. The highest BCUT2D eigenvalue weighted by Crippen LogP contribution is 2.53.